The van der Waals surface area contributed by atoms with Crippen LogP contribution < -0.4 is 5.32 Å². The molecule has 1 heterocycles. The Bertz CT molecular complexity index is 1830. The van der Waals surface area contributed by atoms with E-state index < -0.39 is 77.8 Å². The molecule has 2 rings (SSSR count). The second-order valence-electron chi connectivity index (χ2n) is 21.3. The first-order chi connectivity index (χ1) is 32.2. The Balaban J connectivity index is 2.37. The molecule has 10 atom stereocenters. The van der Waals surface area contributed by atoms with Gasteiger partial charge in [-0.2, -0.15) is 0 Å². The van der Waals surface area contributed by atoms with Gasteiger partial charge in [-0.25, -0.2) is 9.59 Å². The van der Waals surface area contributed by atoms with Gasteiger partial charge in [-0.15, -0.1) is 0 Å². The largest absolute Gasteiger partial charge is 0.467 e. The van der Waals surface area contributed by atoms with Gasteiger partial charge in [-0.3, -0.25) is 28.9 Å². The summed E-state index contributed by atoms with van der Waals surface area (Å²) >= 11 is 0. The maximum Gasteiger partial charge on any atom is 0.410 e. The van der Waals surface area contributed by atoms with Gasteiger partial charge in [0.05, 0.1) is 49.8 Å². The molecule has 5 amide bonds. The molecule has 1 aromatic rings. The number of esters is 1. The molecular formula is C53H89N5O11. The van der Waals surface area contributed by atoms with E-state index in [1.165, 1.54) is 38.2 Å². The molecule has 0 spiro atoms. The first-order valence-corrected chi connectivity index (χ1v) is 25.0. The smallest absolute Gasteiger partial charge is 0.410 e. The van der Waals surface area contributed by atoms with Crippen LogP contribution in [0.5, 0.6) is 0 Å². The zero-order valence-electron chi connectivity index (χ0n) is 45.3. The average molecular weight is 972 g/mol. The minimum Gasteiger partial charge on any atom is -0.467 e. The molecule has 0 aromatic heterocycles. The van der Waals surface area contributed by atoms with Crippen molar-refractivity contribution in [1.82, 2.24) is 24.9 Å². The van der Waals surface area contributed by atoms with E-state index in [1.807, 2.05) is 85.7 Å². The molecular weight excluding hydrogens is 883 g/mol. The summed E-state index contributed by atoms with van der Waals surface area (Å²) in [6.07, 6.45) is 0.310. The number of hydrogen-bond acceptors (Lipinski definition) is 11. The molecule has 69 heavy (non-hydrogen) atoms. The van der Waals surface area contributed by atoms with Crippen LogP contribution in [0, 0.1) is 35.5 Å². The molecule has 1 fully saturated rings. The molecule has 0 bridgehead atoms. The van der Waals surface area contributed by atoms with Crippen molar-refractivity contribution < 1.29 is 52.5 Å². The number of likely N-dealkylation sites (N-methyl/N-ethyl adjacent to an activating group) is 3. The van der Waals surface area contributed by atoms with Crippen molar-refractivity contribution in [2.24, 2.45) is 35.5 Å². The number of ketones is 1. The predicted molar refractivity (Wildman–Crippen MR) is 267 cm³/mol. The Morgan fingerprint density at radius 1 is 0.797 bits per heavy atom. The number of carbonyl (C=O) groups excluding carboxylic acids is 7. The summed E-state index contributed by atoms with van der Waals surface area (Å²) in [6, 6.07) is 5.65. The number of nitrogens with one attached hydrogen (secondary N) is 1. The highest BCUT2D eigenvalue weighted by Crippen LogP contribution is 2.32. The molecule has 0 aliphatic carbocycles. The minimum atomic E-state index is -0.923. The highest BCUT2D eigenvalue weighted by molar-refractivity contribution is 5.94. The van der Waals surface area contributed by atoms with E-state index in [0.29, 0.717) is 32.2 Å². The van der Waals surface area contributed by atoms with Crippen LogP contribution in [0.3, 0.4) is 0 Å². The summed E-state index contributed by atoms with van der Waals surface area (Å²) in [7, 11) is 9.15. The number of carbonyl (C=O) groups is 7. The molecule has 1 aliphatic heterocycles. The Labute approximate surface area is 414 Å². The number of Topliss-reactive ketones (excluding diaryl/α,β-unsaturated/α-hetero) is 1. The van der Waals surface area contributed by atoms with Crippen LogP contribution >= 0.6 is 0 Å². The van der Waals surface area contributed by atoms with Gasteiger partial charge >= 0.3 is 12.1 Å². The van der Waals surface area contributed by atoms with Crippen molar-refractivity contribution in [3.63, 3.8) is 0 Å². The fourth-order valence-electron chi connectivity index (χ4n) is 9.74. The third-order valence-electron chi connectivity index (χ3n) is 13.7. The molecule has 0 unspecified atom stereocenters. The SMILES string of the molecule is CC[C@H](C)[C@@H]([C@@H](CC(=O)N1CCC[C@H]1[C@H](OC)[C@@H](C)C(=O)N[C@@H](Cc1ccccc1)C(=O)OC)OC)N(C)C(=O)[C@@H](CC(=O)[C@H](C(C)C)N(C)C(=O)[C@H](CC(C)C)N(C)C(=O)OC(C)(C)C)C(C)C. The molecule has 1 N–H and O–H groups in total. The summed E-state index contributed by atoms with van der Waals surface area (Å²) in [5.41, 5.74) is 0.0836. The number of methoxy groups -OCH3 is 3. The van der Waals surface area contributed by atoms with Crippen molar-refractivity contribution >= 4 is 41.5 Å². The fraction of sp³-hybridized carbons (Fsp3) is 0.755. The number of amides is 5. The van der Waals surface area contributed by atoms with Crippen LogP contribution in [0.4, 0.5) is 4.79 Å². The highest BCUT2D eigenvalue weighted by Gasteiger charge is 2.44. The van der Waals surface area contributed by atoms with E-state index in [4.69, 9.17) is 18.9 Å². The second kappa shape index (κ2) is 27.7. The molecule has 0 radical (unpaired) electrons. The summed E-state index contributed by atoms with van der Waals surface area (Å²) in [4.78, 5) is 104. The highest BCUT2D eigenvalue weighted by atomic mass is 16.6. The Kier molecular flexibility index (Phi) is 24.3. The molecule has 0 saturated carbocycles. The predicted octanol–water partition coefficient (Wildman–Crippen LogP) is 6.80. The van der Waals surface area contributed by atoms with Crippen LogP contribution in [0.1, 0.15) is 127 Å². The molecule has 1 aliphatic rings. The van der Waals surface area contributed by atoms with Gasteiger partial charge in [0.15, 0.2) is 5.78 Å². The monoisotopic (exact) mass is 972 g/mol. The topological polar surface area (TPSA) is 181 Å². The lowest BCUT2D eigenvalue weighted by atomic mass is 9.83. The van der Waals surface area contributed by atoms with Crippen LogP contribution in [0.15, 0.2) is 30.3 Å². The molecule has 16 heteroatoms. The fourth-order valence-corrected chi connectivity index (χ4v) is 9.74. The van der Waals surface area contributed by atoms with Crippen molar-refractivity contribution in [3.8, 4) is 0 Å². The quantitative estimate of drug-likeness (QED) is 0.0965. The van der Waals surface area contributed by atoms with E-state index >= 15 is 0 Å². The summed E-state index contributed by atoms with van der Waals surface area (Å²) in [5.74, 6) is -4.25. The maximum absolute atomic E-state index is 14.8. The number of ether oxygens (including phenoxy) is 4. The van der Waals surface area contributed by atoms with Crippen molar-refractivity contribution in [3.05, 3.63) is 35.9 Å². The Morgan fingerprint density at radius 2 is 1.41 bits per heavy atom. The van der Waals surface area contributed by atoms with Crippen LogP contribution in [0.25, 0.3) is 0 Å². The van der Waals surface area contributed by atoms with E-state index in [-0.39, 0.29) is 66.4 Å². The van der Waals surface area contributed by atoms with E-state index in [9.17, 15) is 33.6 Å². The second-order valence-corrected chi connectivity index (χ2v) is 21.3. The standard InChI is InChI=1S/C53H89N5O11/c1-19-35(8)46(43(66-16)31-44(60)58-27-23-26-40(58)47(67-17)36(9)48(61)54-39(51(64)68-18)29-37-24-21-20-22-25-37)57(15)49(62)38(33(4)5)30-42(59)45(34(6)7)56(14)50(63)41(28-32(2)3)55(13)52(65)69-53(10,11)12/h20-22,24-25,32-36,38-41,43,45-47H,19,23,26-31H2,1-18H3,(H,54,61)/t35-,36+,38-,39-,40-,41-,43+,45-,46-,47+/m0/s1. The van der Waals surface area contributed by atoms with Crippen molar-refractivity contribution in [2.45, 2.75) is 176 Å². The zero-order valence-corrected chi connectivity index (χ0v) is 45.3. The van der Waals surface area contributed by atoms with Gasteiger partial charge in [0.1, 0.15) is 17.7 Å². The Morgan fingerprint density at radius 3 is 1.90 bits per heavy atom. The van der Waals surface area contributed by atoms with E-state index in [1.54, 1.807) is 51.6 Å². The number of nitrogens with zero attached hydrogens (tertiary/aromatic N) is 4. The van der Waals surface area contributed by atoms with Crippen LogP contribution in [-0.4, -0.2) is 158 Å². The number of benzene rings is 1. The van der Waals surface area contributed by atoms with Gasteiger partial charge in [0, 0.05) is 60.7 Å². The number of hydrogen-bond donors (Lipinski definition) is 1. The Hall–Kier alpha value is -4.57. The number of rotatable bonds is 26. The van der Waals surface area contributed by atoms with Gasteiger partial charge in [0.2, 0.25) is 23.6 Å². The third kappa shape index (κ3) is 17.1. The van der Waals surface area contributed by atoms with Crippen molar-refractivity contribution in [1.29, 1.82) is 0 Å². The van der Waals surface area contributed by atoms with Gasteiger partial charge in [-0.05, 0) is 69.3 Å². The van der Waals surface area contributed by atoms with Crippen molar-refractivity contribution in [2.75, 3.05) is 49.0 Å². The first-order valence-electron chi connectivity index (χ1n) is 25.0. The van der Waals surface area contributed by atoms with Crippen LogP contribution in [-0.2, 0) is 54.1 Å². The van der Waals surface area contributed by atoms with E-state index in [0.717, 1.165) is 5.56 Å². The zero-order chi connectivity index (χ0) is 52.7. The third-order valence-corrected chi connectivity index (χ3v) is 13.7. The summed E-state index contributed by atoms with van der Waals surface area (Å²) in [6.45, 7) is 22.9. The molecule has 16 nitrogen and oxygen atoms in total. The lowest BCUT2D eigenvalue weighted by molar-refractivity contribution is -0.150. The van der Waals surface area contributed by atoms with Crippen LogP contribution in [0.2, 0.25) is 0 Å². The summed E-state index contributed by atoms with van der Waals surface area (Å²) in [5, 5.41) is 2.86. The van der Waals surface area contributed by atoms with Gasteiger partial charge < -0.3 is 39.0 Å². The average Bonchev–Trinajstić information content (AvgIpc) is 3.77. The molecule has 1 saturated heterocycles. The minimum absolute atomic E-state index is 0.0500. The first kappa shape index (κ1) is 60.6. The maximum atomic E-state index is 14.8. The van der Waals surface area contributed by atoms with Gasteiger partial charge in [0.25, 0.3) is 0 Å². The van der Waals surface area contributed by atoms with Gasteiger partial charge in [-0.1, -0.05) is 99.1 Å². The molecule has 392 valence electrons. The van der Waals surface area contributed by atoms with E-state index in [2.05, 4.69) is 5.32 Å². The lowest BCUT2D eigenvalue weighted by Crippen LogP contribution is -2.56. The molecule has 1 aromatic carbocycles. The lowest BCUT2D eigenvalue weighted by Gasteiger charge is -2.41. The number of likely N-dealkylation sites (tertiary alicyclic amines) is 1. The summed E-state index contributed by atoms with van der Waals surface area (Å²) < 4.78 is 22.7. The normalized spacial score (nSPS) is 18.0.